The number of rotatable bonds is 4. The van der Waals surface area contributed by atoms with E-state index in [4.69, 9.17) is 4.74 Å². The van der Waals surface area contributed by atoms with Crippen molar-refractivity contribution in [3.05, 3.63) is 63.9 Å². The molecular formula is C15H14BrFO2. The second-order valence-corrected chi connectivity index (χ2v) is 5.10. The zero-order chi connectivity index (χ0) is 13.8. The molecule has 0 aromatic heterocycles. The van der Waals surface area contributed by atoms with Crippen molar-refractivity contribution in [2.45, 2.75) is 12.5 Å². The zero-order valence-corrected chi connectivity index (χ0v) is 12.0. The Morgan fingerprint density at radius 1 is 1.26 bits per heavy atom. The topological polar surface area (TPSA) is 29.5 Å². The highest BCUT2D eigenvalue weighted by molar-refractivity contribution is 9.10. The van der Waals surface area contributed by atoms with Gasteiger partial charge in [-0.05, 0) is 51.3 Å². The normalized spacial score (nSPS) is 12.2. The van der Waals surface area contributed by atoms with Crippen LogP contribution in [0, 0.1) is 5.82 Å². The molecule has 4 heteroatoms. The molecular weight excluding hydrogens is 311 g/mol. The lowest BCUT2D eigenvalue weighted by atomic mass is 10.0. The first-order chi connectivity index (χ1) is 9.10. The van der Waals surface area contributed by atoms with Gasteiger partial charge in [-0.25, -0.2) is 4.39 Å². The summed E-state index contributed by atoms with van der Waals surface area (Å²) in [5.41, 5.74) is 1.50. The average molecular weight is 325 g/mol. The second kappa shape index (κ2) is 6.17. The molecule has 0 aliphatic heterocycles. The molecule has 2 nitrogen and oxygen atoms in total. The van der Waals surface area contributed by atoms with Crippen LogP contribution in [0.4, 0.5) is 4.39 Å². The summed E-state index contributed by atoms with van der Waals surface area (Å²) >= 11 is 3.09. The van der Waals surface area contributed by atoms with Gasteiger partial charge in [-0.1, -0.05) is 18.2 Å². The molecule has 0 spiro atoms. The van der Waals surface area contributed by atoms with Crippen LogP contribution in [0.2, 0.25) is 0 Å². The van der Waals surface area contributed by atoms with E-state index < -0.39 is 6.10 Å². The van der Waals surface area contributed by atoms with E-state index in [-0.39, 0.29) is 5.82 Å². The summed E-state index contributed by atoms with van der Waals surface area (Å²) in [5.74, 6) is 0.369. The molecule has 0 aliphatic carbocycles. The minimum Gasteiger partial charge on any atom is -0.497 e. The number of hydrogen-bond donors (Lipinski definition) is 1. The Morgan fingerprint density at radius 2 is 2.05 bits per heavy atom. The van der Waals surface area contributed by atoms with Crippen LogP contribution in [0.1, 0.15) is 17.2 Å². The highest BCUT2D eigenvalue weighted by Crippen LogP contribution is 2.24. The molecule has 0 saturated carbocycles. The minimum atomic E-state index is -0.741. The van der Waals surface area contributed by atoms with E-state index >= 15 is 0 Å². The van der Waals surface area contributed by atoms with Gasteiger partial charge in [0.25, 0.3) is 0 Å². The number of benzene rings is 2. The summed E-state index contributed by atoms with van der Waals surface area (Å²) in [5, 5.41) is 10.1. The van der Waals surface area contributed by atoms with Crippen molar-refractivity contribution < 1.29 is 14.2 Å². The molecule has 1 atom stereocenters. The van der Waals surface area contributed by atoms with E-state index in [9.17, 15) is 9.50 Å². The van der Waals surface area contributed by atoms with Gasteiger partial charge in [0.05, 0.1) is 17.7 Å². The Hall–Kier alpha value is -1.39. The van der Waals surface area contributed by atoms with Gasteiger partial charge in [-0.15, -0.1) is 0 Å². The maximum atomic E-state index is 13.4. The third kappa shape index (κ3) is 3.55. The van der Waals surface area contributed by atoms with Crippen LogP contribution in [-0.2, 0) is 6.42 Å². The molecule has 2 rings (SSSR count). The first-order valence-electron chi connectivity index (χ1n) is 5.86. The second-order valence-electron chi connectivity index (χ2n) is 4.24. The fourth-order valence-electron chi connectivity index (χ4n) is 1.86. The molecule has 0 bridgehead atoms. The summed E-state index contributed by atoms with van der Waals surface area (Å²) in [6.07, 6.45) is -0.326. The number of halogens is 2. The molecule has 2 aromatic rings. The molecule has 0 amide bonds. The quantitative estimate of drug-likeness (QED) is 0.925. The summed E-state index contributed by atoms with van der Waals surface area (Å²) in [6.45, 7) is 0. The molecule has 0 aliphatic rings. The lowest BCUT2D eigenvalue weighted by Crippen LogP contribution is -2.02. The summed E-state index contributed by atoms with van der Waals surface area (Å²) < 4.78 is 18.9. The predicted octanol–water partition coefficient (Wildman–Crippen LogP) is 3.87. The fourth-order valence-corrected chi connectivity index (χ4v) is 2.11. The summed E-state index contributed by atoms with van der Waals surface area (Å²) in [6, 6.07) is 12.1. The van der Waals surface area contributed by atoms with E-state index in [0.29, 0.717) is 16.5 Å². The summed E-state index contributed by atoms with van der Waals surface area (Å²) in [4.78, 5) is 0. The van der Waals surface area contributed by atoms with Crippen LogP contribution in [0.3, 0.4) is 0 Å². The standard InChI is InChI=1S/C15H14BrFO2/c1-19-12-4-2-3-10(7-12)8-15(18)11-5-6-13(16)14(17)9-11/h2-7,9,15,18H,8H2,1H3. The van der Waals surface area contributed by atoms with Gasteiger partial charge in [0, 0.05) is 6.42 Å². The lowest BCUT2D eigenvalue weighted by molar-refractivity contribution is 0.178. The van der Waals surface area contributed by atoms with Crippen molar-refractivity contribution in [3.63, 3.8) is 0 Å². The third-order valence-corrected chi connectivity index (χ3v) is 3.53. The third-order valence-electron chi connectivity index (χ3n) is 2.89. The Labute approximate surface area is 120 Å². The van der Waals surface area contributed by atoms with E-state index in [1.807, 2.05) is 24.3 Å². The monoisotopic (exact) mass is 324 g/mol. The SMILES string of the molecule is COc1cccc(CC(O)c2ccc(Br)c(F)c2)c1. The molecule has 0 heterocycles. The number of aliphatic hydroxyl groups excluding tert-OH is 1. The summed E-state index contributed by atoms with van der Waals surface area (Å²) in [7, 11) is 1.60. The van der Waals surface area contributed by atoms with E-state index in [2.05, 4.69) is 15.9 Å². The molecule has 2 aromatic carbocycles. The molecule has 0 saturated heterocycles. The maximum absolute atomic E-state index is 13.4. The van der Waals surface area contributed by atoms with Crippen molar-refractivity contribution in [1.82, 2.24) is 0 Å². The lowest BCUT2D eigenvalue weighted by Gasteiger charge is -2.12. The predicted molar refractivity (Wildman–Crippen MR) is 75.8 cm³/mol. The Balaban J connectivity index is 2.15. The van der Waals surface area contributed by atoms with E-state index in [0.717, 1.165) is 11.3 Å². The van der Waals surface area contributed by atoms with Crippen molar-refractivity contribution in [2.24, 2.45) is 0 Å². The Kier molecular flexibility index (Phi) is 4.56. The number of methoxy groups -OCH3 is 1. The Morgan fingerprint density at radius 3 is 2.74 bits per heavy atom. The van der Waals surface area contributed by atoms with Crippen molar-refractivity contribution in [2.75, 3.05) is 7.11 Å². The minimum absolute atomic E-state index is 0.373. The van der Waals surface area contributed by atoms with Gasteiger partial charge in [0.1, 0.15) is 11.6 Å². The zero-order valence-electron chi connectivity index (χ0n) is 10.4. The molecule has 19 heavy (non-hydrogen) atoms. The van der Waals surface area contributed by atoms with Crippen LogP contribution < -0.4 is 4.74 Å². The van der Waals surface area contributed by atoms with Crippen molar-refractivity contribution in [3.8, 4) is 5.75 Å². The highest BCUT2D eigenvalue weighted by atomic mass is 79.9. The highest BCUT2D eigenvalue weighted by Gasteiger charge is 2.11. The van der Waals surface area contributed by atoms with Crippen LogP contribution in [0.25, 0.3) is 0 Å². The van der Waals surface area contributed by atoms with Crippen LogP contribution >= 0.6 is 15.9 Å². The van der Waals surface area contributed by atoms with Crippen LogP contribution in [0.5, 0.6) is 5.75 Å². The number of ether oxygens (including phenoxy) is 1. The molecule has 1 N–H and O–H groups in total. The molecule has 0 radical (unpaired) electrons. The van der Waals surface area contributed by atoms with Crippen LogP contribution in [0.15, 0.2) is 46.9 Å². The van der Waals surface area contributed by atoms with Gasteiger partial charge in [0.2, 0.25) is 0 Å². The average Bonchev–Trinajstić information content (AvgIpc) is 2.42. The van der Waals surface area contributed by atoms with Crippen LogP contribution in [-0.4, -0.2) is 12.2 Å². The maximum Gasteiger partial charge on any atom is 0.137 e. The number of hydrogen-bond acceptors (Lipinski definition) is 2. The van der Waals surface area contributed by atoms with E-state index in [1.165, 1.54) is 6.07 Å². The molecule has 1 unspecified atom stereocenters. The van der Waals surface area contributed by atoms with Gasteiger partial charge in [0.15, 0.2) is 0 Å². The van der Waals surface area contributed by atoms with Gasteiger partial charge < -0.3 is 9.84 Å². The van der Waals surface area contributed by atoms with Gasteiger partial charge in [-0.2, -0.15) is 0 Å². The smallest absolute Gasteiger partial charge is 0.137 e. The van der Waals surface area contributed by atoms with Gasteiger partial charge in [-0.3, -0.25) is 0 Å². The molecule has 0 fully saturated rings. The first kappa shape index (κ1) is 14.0. The first-order valence-corrected chi connectivity index (χ1v) is 6.65. The fraction of sp³-hybridized carbons (Fsp3) is 0.200. The number of aliphatic hydroxyl groups is 1. The molecule has 100 valence electrons. The Bertz CT molecular complexity index is 572. The van der Waals surface area contributed by atoms with Crippen molar-refractivity contribution in [1.29, 1.82) is 0 Å². The van der Waals surface area contributed by atoms with Crippen molar-refractivity contribution >= 4 is 15.9 Å². The van der Waals surface area contributed by atoms with E-state index in [1.54, 1.807) is 19.2 Å². The largest absolute Gasteiger partial charge is 0.497 e. The van der Waals surface area contributed by atoms with Gasteiger partial charge >= 0.3 is 0 Å².